The van der Waals surface area contributed by atoms with Crippen molar-refractivity contribution >= 4 is 17.9 Å². The number of hydrogen-bond acceptors (Lipinski definition) is 3. The number of unbranched alkanes of at least 4 members (excludes halogenated alkanes) is 1. The summed E-state index contributed by atoms with van der Waals surface area (Å²) in [6.45, 7) is 4.13. The van der Waals surface area contributed by atoms with Crippen LogP contribution in [0.2, 0.25) is 0 Å². The molecule has 1 heterocycles. The average molecular weight is 345 g/mol. The van der Waals surface area contributed by atoms with Crippen molar-refractivity contribution in [2.24, 2.45) is 4.99 Å². The topological polar surface area (TPSA) is 38.7 Å². The summed E-state index contributed by atoms with van der Waals surface area (Å²) < 4.78 is 5.35. The third-order valence-corrected chi connectivity index (χ3v) is 4.20. The van der Waals surface area contributed by atoms with Gasteiger partial charge in [-0.15, -0.1) is 0 Å². The Morgan fingerprint density at radius 1 is 1.08 bits per heavy atom. The molecule has 0 unspecified atom stereocenters. The van der Waals surface area contributed by atoms with Crippen LogP contribution in [0.25, 0.3) is 6.08 Å². The Morgan fingerprint density at radius 2 is 1.81 bits per heavy atom. The van der Waals surface area contributed by atoms with Crippen LogP contribution in [-0.2, 0) is 16.0 Å². The monoisotopic (exact) mass is 345 g/mol. The number of allylic oxidation sites excluding steroid dienone is 2. The second-order valence-electron chi connectivity index (χ2n) is 6.44. The molecule has 0 aromatic heterocycles. The zero-order valence-electron chi connectivity index (χ0n) is 15.2. The van der Waals surface area contributed by atoms with Crippen molar-refractivity contribution in [2.45, 2.75) is 33.1 Å². The molecule has 2 aromatic carbocycles. The highest BCUT2D eigenvalue weighted by atomic mass is 16.6. The molecule has 0 bridgehead atoms. The smallest absolute Gasteiger partial charge is 0.363 e. The minimum atomic E-state index is -0.407. The molecular weight excluding hydrogens is 322 g/mol. The highest BCUT2D eigenvalue weighted by Gasteiger charge is 2.23. The second-order valence-corrected chi connectivity index (χ2v) is 6.44. The first-order chi connectivity index (χ1) is 12.7. The maximum absolute atomic E-state index is 12.1. The number of nitrogens with zero attached hydrogens (tertiary/aromatic N) is 1. The fraction of sp³-hybridized carbons (Fsp3) is 0.217. The number of rotatable bonds is 6. The van der Waals surface area contributed by atoms with Gasteiger partial charge in [-0.2, -0.15) is 0 Å². The molecule has 132 valence electrons. The number of carbonyl (C=O) groups excluding carboxylic acids is 1. The minimum Gasteiger partial charge on any atom is -0.402 e. The molecule has 0 aliphatic carbocycles. The SMILES string of the molecule is CCCCc1ccc(C2=NC(=CC(C)=Cc3ccccc3)C(=O)O2)cc1. The van der Waals surface area contributed by atoms with Crippen LogP contribution in [0.5, 0.6) is 0 Å². The first-order valence-electron chi connectivity index (χ1n) is 9.01. The molecule has 0 saturated carbocycles. The Bertz CT molecular complexity index is 859. The summed E-state index contributed by atoms with van der Waals surface area (Å²) in [6.07, 6.45) is 7.19. The van der Waals surface area contributed by atoms with Gasteiger partial charge in [0, 0.05) is 5.56 Å². The molecule has 3 nitrogen and oxygen atoms in total. The molecule has 3 heteroatoms. The lowest BCUT2D eigenvalue weighted by Crippen LogP contribution is -2.05. The highest BCUT2D eigenvalue weighted by Crippen LogP contribution is 2.19. The summed E-state index contributed by atoms with van der Waals surface area (Å²) in [5, 5.41) is 0. The third kappa shape index (κ3) is 4.57. The lowest BCUT2D eigenvalue weighted by atomic mass is 10.1. The molecule has 0 saturated heterocycles. The molecule has 26 heavy (non-hydrogen) atoms. The van der Waals surface area contributed by atoms with Crippen LogP contribution in [0.1, 0.15) is 43.4 Å². The summed E-state index contributed by atoms with van der Waals surface area (Å²) >= 11 is 0. The Kier molecular flexibility index (Phi) is 5.80. The number of cyclic esters (lactones) is 1. The number of aryl methyl sites for hydroxylation is 1. The zero-order chi connectivity index (χ0) is 18.4. The van der Waals surface area contributed by atoms with E-state index in [1.165, 1.54) is 18.4 Å². The van der Waals surface area contributed by atoms with E-state index in [2.05, 4.69) is 24.0 Å². The fourth-order valence-electron chi connectivity index (χ4n) is 2.80. The molecular formula is C23H23NO2. The molecule has 3 rings (SSSR count). The number of ether oxygens (including phenoxy) is 1. The number of aliphatic imine (C=N–C) groups is 1. The Labute approximate surface area is 154 Å². The van der Waals surface area contributed by atoms with Gasteiger partial charge in [-0.05, 0) is 54.7 Å². The summed E-state index contributed by atoms with van der Waals surface area (Å²) in [6, 6.07) is 18.1. The molecule has 2 aromatic rings. The van der Waals surface area contributed by atoms with Gasteiger partial charge in [0.2, 0.25) is 5.90 Å². The fourth-order valence-corrected chi connectivity index (χ4v) is 2.80. The van der Waals surface area contributed by atoms with Crippen LogP contribution in [0.4, 0.5) is 0 Å². The minimum absolute atomic E-state index is 0.333. The van der Waals surface area contributed by atoms with E-state index in [4.69, 9.17) is 4.74 Å². The predicted octanol–water partition coefficient (Wildman–Crippen LogP) is 5.32. The predicted molar refractivity (Wildman–Crippen MR) is 106 cm³/mol. The van der Waals surface area contributed by atoms with Crippen molar-refractivity contribution in [1.82, 2.24) is 0 Å². The highest BCUT2D eigenvalue weighted by molar-refractivity contribution is 6.11. The van der Waals surface area contributed by atoms with E-state index in [0.29, 0.717) is 11.6 Å². The Balaban J connectivity index is 1.77. The van der Waals surface area contributed by atoms with Gasteiger partial charge >= 0.3 is 5.97 Å². The molecule has 0 fully saturated rings. The summed E-state index contributed by atoms with van der Waals surface area (Å²) in [7, 11) is 0. The summed E-state index contributed by atoms with van der Waals surface area (Å²) in [4.78, 5) is 16.5. The van der Waals surface area contributed by atoms with Crippen molar-refractivity contribution in [1.29, 1.82) is 0 Å². The Hall–Kier alpha value is -2.94. The van der Waals surface area contributed by atoms with Crippen molar-refractivity contribution in [2.75, 3.05) is 0 Å². The van der Waals surface area contributed by atoms with Crippen molar-refractivity contribution < 1.29 is 9.53 Å². The third-order valence-electron chi connectivity index (χ3n) is 4.20. The van der Waals surface area contributed by atoms with Gasteiger partial charge in [0.05, 0.1) is 0 Å². The first kappa shape index (κ1) is 17.9. The van der Waals surface area contributed by atoms with Gasteiger partial charge in [-0.1, -0.05) is 61.9 Å². The quantitative estimate of drug-likeness (QED) is 0.525. The lowest BCUT2D eigenvalue weighted by Gasteiger charge is -2.02. The Morgan fingerprint density at radius 3 is 2.50 bits per heavy atom. The second kappa shape index (κ2) is 8.43. The van der Waals surface area contributed by atoms with E-state index in [1.807, 2.05) is 55.5 Å². The van der Waals surface area contributed by atoms with Gasteiger partial charge in [0.25, 0.3) is 0 Å². The van der Waals surface area contributed by atoms with Crippen molar-refractivity contribution in [3.63, 3.8) is 0 Å². The molecule has 0 amide bonds. The maximum Gasteiger partial charge on any atom is 0.363 e. The van der Waals surface area contributed by atoms with E-state index in [0.717, 1.165) is 23.1 Å². The van der Waals surface area contributed by atoms with Gasteiger partial charge < -0.3 is 4.74 Å². The summed E-state index contributed by atoms with van der Waals surface area (Å²) in [5.74, 6) is -0.0355. The van der Waals surface area contributed by atoms with Crippen LogP contribution in [0.3, 0.4) is 0 Å². The molecule has 1 aliphatic rings. The molecule has 0 radical (unpaired) electrons. The largest absolute Gasteiger partial charge is 0.402 e. The van der Waals surface area contributed by atoms with Crippen LogP contribution < -0.4 is 0 Å². The number of esters is 1. The molecule has 0 spiro atoms. The molecule has 0 N–H and O–H groups in total. The lowest BCUT2D eigenvalue weighted by molar-refractivity contribution is -0.130. The molecule has 0 atom stereocenters. The first-order valence-corrected chi connectivity index (χ1v) is 9.01. The normalized spacial score (nSPS) is 15.9. The molecule has 1 aliphatic heterocycles. The van der Waals surface area contributed by atoms with E-state index in [9.17, 15) is 4.79 Å². The van der Waals surface area contributed by atoms with Crippen molar-refractivity contribution in [3.05, 3.63) is 88.6 Å². The number of benzene rings is 2. The summed E-state index contributed by atoms with van der Waals surface area (Å²) in [5.41, 5.74) is 4.48. The van der Waals surface area contributed by atoms with Crippen LogP contribution in [-0.4, -0.2) is 11.9 Å². The average Bonchev–Trinajstić information content (AvgIpc) is 3.01. The number of carbonyl (C=O) groups is 1. The van der Waals surface area contributed by atoms with E-state index in [1.54, 1.807) is 6.08 Å². The van der Waals surface area contributed by atoms with Gasteiger partial charge in [-0.3, -0.25) is 0 Å². The maximum atomic E-state index is 12.1. The van der Waals surface area contributed by atoms with E-state index in [-0.39, 0.29) is 0 Å². The van der Waals surface area contributed by atoms with E-state index < -0.39 is 5.97 Å². The van der Waals surface area contributed by atoms with Gasteiger partial charge in [0.15, 0.2) is 5.70 Å². The van der Waals surface area contributed by atoms with Crippen LogP contribution in [0, 0.1) is 0 Å². The van der Waals surface area contributed by atoms with E-state index >= 15 is 0 Å². The van der Waals surface area contributed by atoms with Gasteiger partial charge in [-0.25, -0.2) is 9.79 Å². The van der Waals surface area contributed by atoms with Gasteiger partial charge in [0.1, 0.15) is 0 Å². The number of hydrogen-bond donors (Lipinski definition) is 0. The zero-order valence-corrected chi connectivity index (χ0v) is 15.2. The van der Waals surface area contributed by atoms with Crippen molar-refractivity contribution in [3.8, 4) is 0 Å². The van der Waals surface area contributed by atoms with Crippen LogP contribution in [0.15, 0.2) is 76.9 Å². The van der Waals surface area contributed by atoms with Crippen LogP contribution >= 0.6 is 0 Å². The standard InChI is InChI=1S/C23H23NO2/c1-3-4-8-18-11-13-20(14-12-18)22-24-21(23(25)26-22)16-17(2)15-19-9-6-5-7-10-19/h5-7,9-16H,3-4,8H2,1-2H3.